The molecular weight excluding hydrogens is 150 g/mol. The molecule has 0 saturated carbocycles. The van der Waals surface area contributed by atoms with E-state index in [2.05, 4.69) is 9.47 Å². The summed E-state index contributed by atoms with van der Waals surface area (Å²) < 4.78 is 8.45. The summed E-state index contributed by atoms with van der Waals surface area (Å²) in [6.45, 7) is 3.20. The van der Waals surface area contributed by atoms with Crippen LogP contribution >= 0.6 is 0 Å². The third kappa shape index (κ3) is 4.32. The van der Waals surface area contributed by atoms with Gasteiger partial charge in [0.15, 0.2) is 0 Å². The Balaban J connectivity index is 3.67. The second kappa shape index (κ2) is 4.68. The zero-order chi connectivity index (χ0) is 8.85. The van der Waals surface area contributed by atoms with E-state index < -0.39 is 18.2 Å². The second-order valence-corrected chi connectivity index (χ2v) is 1.89. The first-order chi connectivity index (χ1) is 5.07. The van der Waals surface area contributed by atoms with E-state index in [4.69, 9.17) is 5.73 Å². The van der Waals surface area contributed by atoms with Gasteiger partial charge >= 0.3 is 12.1 Å². The molecule has 0 amide bonds. The van der Waals surface area contributed by atoms with Crippen molar-refractivity contribution in [2.24, 2.45) is 5.73 Å². The van der Waals surface area contributed by atoms with E-state index in [-0.39, 0.29) is 6.61 Å². The van der Waals surface area contributed by atoms with Crippen molar-refractivity contribution in [3.05, 3.63) is 0 Å². The molecule has 0 heterocycles. The van der Waals surface area contributed by atoms with Gasteiger partial charge in [0.25, 0.3) is 0 Å². The normalized spacial score (nSPS) is 11.9. The lowest BCUT2D eigenvalue weighted by atomic mass is 10.4. The fourth-order valence-corrected chi connectivity index (χ4v) is 0.322. The van der Waals surface area contributed by atoms with Crippen molar-refractivity contribution in [2.45, 2.75) is 19.9 Å². The van der Waals surface area contributed by atoms with Crippen molar-refractivity contribution in [1.29, 1.82) is 0 Å². The maximum atomic E-state index is 10.6. The largest absolute Gasteiger partial charge is 0.516 e. The maximum Gasteiger partial charge on any atom is 0.516 e. The van der Waals surface area contributed by atoms with Crippen LogP contribution in [0.2, 0.25) is 0 Å². The van der Waals surface area contributed by atoms with Crippen LogP contribution in [-0.4, -0.2) is 24.8 Å². The van der Waals surface area contributed by atoms with E-state index in [0.717, 1.165) is 0 Å². The standard InChI is InChI=1S/C6H11NO4/c1-3-10-6(9)11-5(8)4(2)7/h4H,3,7H2,1-2H3/t4-/m0/s1. The Bertz CT molecular complexity index is 155. The maximum absolute atomic E-state index is 10.6. The van der Waals surface area contributed by atoms with Crippen molar-refractivity contribution >= 4 is 12.1 Å². The fraction of sp³-hybridized carbons (Fsp3) is 0.667. The molecule has 0 fully saturated rings. The summed E-state index contributed by atoms with van der Waals surface area (Å²) in [5.74, 6) is -0.788. The van der Waals surface area contributed by atoms with E-state index in [1.54, 1.807) is 6.92 Å². The molecule has 0 aromatic rings. The highest BCUT2D eigenvalue weighted by Crippen LogP contribution is 1.88. The highest BCUT2D eigenvalue weighted by atomic mass is 16.7. The van der Waals surface area contributed by atoms with Crippen LogP contribution in [0, 0.1) is 0 Å². The highest BCUT2D eigenvalue weighted by molar-refractivity contribution is 5.84. The minimum atomic E-state index is -1.00. The van der Waals surface area contributed by atoms with Gasteiger partial charge < -0.3 is 15.2 Å². The number of esters is 1. The first kappa shape index (κ1) is 9.90. The molecule has 11 heavy (non-hydrogen) atoms. The number of nitrogens with two attached hydrogens (primary N) is 1. The van der Waals surface area contributed by atoms with Gasteiger partial charge in [-0.1, -0.05) is 0 Å². The summed E-state index contributed by atoms with van der Waals surface area (Å²) in [4.78, 5) is 21.0. The molecule has 0 unspecified atom stereocenters. The van der Waals surface area contributed by atoms with Crippen LogP contribution in [0.4, 0.5) is 4.79 Å². The topological polar surface area (TPSA) is 78.6 Å². The van der Waals surface area contributed by atoms with Gasteiger partial charge in [-0.25, -0.2) is 9.59 Å². The van der Waals surface area contributed by atoms with E-state index >= 15 is 0 Å². The van der Waals surface area contributed by atoms with Gasteiger partial charge in [0, 0.05) is 0 Å². The van der Waals surface area contributed by atoms with Gasteiger partial charge in [0.2, 0.25) is 0 Å². The number of rotatable bonds is 2. The molecule has 1 atom stereocenters. The Labute approximate surface area is 64.5 Å². The molecule has 0 bridgehead atoms. The number of carbonyl (C=O) groups excluding carboxylic acids is 2. The zero-order valence-corrected chi connectivity index (χ0v) is 6.49. The average molecular weight is 161 g/mol. The monoisotopic (exact) mass is 161 g/mol. The molecule has 2 N–H and O–H groups in total. The zero-order valence-electron chi connectivity index (χ0n) is 6.49. The van der Waals surface area contributed by atoms with E-state index in [1.807, 2.05) is 0 Å². The predicted molar refractivity (Wildman–Crippen MR) is 36.8 cm³/mol. The second-order valence-electron chi connectivity index (χ2n) is 1.89. The molecule has 0 aliphatic carbocycles. The average Bonchev–Trinajstić information content (AvgIpc) is 1.87. The Kier molecular flexibility index (Phi) is 4.21. The number of carbonyl (C=O) groups is 2. The molecule has 5 nitrogen and oxygen atoms in total. The summed E-state index contributed by atoms with van der Waals surface area (Å²) in [6, 6.07) is -0.806. The van der Waals surface area contributed by atoms with Crippen LogP contribution in [0.15, 0.2) is 0 Å². The van der Waals surface area contributed by atoms with Crippen molar-refractivity contribution in [1.82, 2.24) is 0 Å². The fourth-order valence-electron chi connectivity index (χ4n) is 0.322. The van der Waals surface area contributed by atoms with Crippen LogP contribution in [-0.2, 0) is 14.3 Å². The molecule has 0 aromatic heterocycles. The van der Waals surface area contributed by atoms with Gasteiger partial charge in [0.05, 0.1) is 6.61 Å². The van der Waals surface area contributed by atoms with Crippen LogP contribution in [0.5, 0.6) is 0 Å². The smallest absolute Gasteiger partial charge is 0.434 e. The molecule has 5 heteroatoms. The summed E-state index contributed by atoms with van der Waals surface area (Å²) in [7, 11) is 0. The lowest BCUT2D eigenvalue weighted by molar-refractivity contribution is -0.140. The molecule has 0 radical (unpaired) electrons. The Morgan fingerprint density at radius 1 is 1.55 bits per heavy atom. The Morgan fingerprint density at radius 2 is 2.09 bits per heavy atom. The minimum Gasteiger partial charge on any atom is -0.434 e. The minimum absolute atomic E-state index is 0.172. The molecule has 0 spiro atoms. The summed E-state index contributed by atoms with van der Waals surface area (Å²) >= 11 is 0. The molecule has 0 saturated heterocycles. The van der Waals surface area contributed by atoms with Crippen LogP contribution < -0.4 is 5.73 Å². The number of ether oxygens (including phenoxy) is 2. The SMILES string of the molecule is CCOC(=O)OC(=O)[C@H](C)N. The van der Waals surface area contributed by atoms with Gasteiger partial charge in [-0.3, -0.25) is 0 Å². The van der Waals surface area contributed by atoms with Crippen molar-refractivity contribution in [3.63, 3.8) is 0 Å². The highest BCUT2D eigenvalue weighted by Gasteiger charge is 2.14. The van der Waals surface area contributed by atoms with E-state index in [9.17, 15) is 9.59 Å². The van der Waals surface area contributed by atoms with Crippen LogP contribution in [0.25, 0.3) is 0 Å². The third-order valence-electron chi connectivity index (χ3n) is 0.818. The molecule has 64 valence electrons. The van der Waals surface area contributed by atoms with Gasteiger partial charge in [-0.2, -0.15) is 0 Å². The van der Waals surface area contributed by atoms with Crippen LogP contribution in [0.3, 0.4) is 0 Å². The molecule has 0 aromatic carbocycles. The predicted octanol–water partition coefficient (Wildman–Crippen LogP) is 0.0333. The lowest BCUT2D eigenvalue weighted by Gasteiger charge is -2.03. The van der Waals surface area contributed by atoms with Crippen LogP contribution in [0.1, 0.15) is 13.8 Å². The summed E-state index contributed by atoms with van der Waals surface area (Å²) in [5, 5.41) is 0. The van der Waals surface area contributed by atoms with Crippen molar-refractivity contribution in [3.8, 4) is 0 Å². The first-order valence-electron chi connectivity index (χ1n) is 3.22. The third-order valence-corrected chi connectivity index (χ3v) is 0.818. The number of hydrogen-bond donors (Lipinski definition) is 1. The summed E-state index contributed by atoms with van der Waals surface area (Å²) in [6.07, 6.45) is -1.00. The van der Waals surface area contributed by atoms with E-state index in [1.165, 1.54) is 6.92 Å². The molecular formula is C6H11NO4. The van der Waals surface area contributed by atoms with Gasteiger partial charge in [-0.15, -0.1) is 0 Å². The van der Waals surface area contributed by atoms with Gasteiger partial charge in [-0.05, 0) is 13.8 Å². The quantitative estimate of drug-likeness (QED) is 0.456. The molecule has 0 rings (SSSR count). The first-order valence-corrected chi connectivity index (χ1v) is 3.22. The number of hydrogen-bond acceptors (Lipinski definition) is 5. The Hall–Kier alpha value is -1.10. The molecule has 0 aliphatic rings. The van der Waals surface area contributed by atoms with Crippen molar-refractivity contribution < 1.29 is 19.1 Å². The van der Waals surface area contributed by atoms with Crippen molar-refractivity contribution in [2.75, 3.05) is 6.61 Å². The molecule has 0 aliphatic heterocycles. The summed E-state index contributed by atoms with van der Waals surface area (Å²) in [5.41, 5.74) is 5.10. The lowest BCUT2D eigenvalue weighted by Crippen LogP contribution is -2.30. The van der Waals surface area contributed by atoms with Gasteiger partial charge in [0.1, 0.15) is 6.04 Å². The van der Waals surface area contributed by atoms with E-state index in [0.29, 0.717) is 0 Å². The Morgan fingerprint density at radius 3 is 2.45 bits per heavy atom.